The zero-order valence-corrected chi connectivity index (χ0v) is 16.3. The summed E-state index contributed by atoms with van der Waals surface area (Å²) in [5, 5.41) is 0. The summed E-state index contributed by atoms with van der Waals surface area (Å²) < 4.78 is 5.59. The Labute approximate surface area is 161 Å². The molecule has 0 unspecified atom stereocenters. The van der Waals surface area contributed by atoms with Gasteiger partial charge in [-0.25, -0.2) is 0 Å². The Morgan fingerprint density at radius 3 is 2.67 bits per heavy atom. The molecular weight excluding hydrogens is 340 g/mol. The van der Waals surface area contributed by atoms with Gasteiger partial charge in [-0.1, -0.05) is 6.92 Å². The molecule has 5 heteroatoms. The molecule has 1 saturated carbocycles. The van der Waals surface area contributed by atoms with Gasteiger partial charge in [0.2, 0.25) is 5.91 Å². The molecule has 3 aliphatic rings. The van der Waals surface area contributed by atoms with Gasteiger partial charge in [-0.2, -0.15) is 0 Å². The number of hydrogen-bond donors (Lipinski definition) is 0. The van der Waals surface area contributed by atoms with E-state index in [1.54, 1.807) is 0 Å². The van der Waals surface area contributed by atoms with Crippen molar-refractivity contribution in [1.29, 1.82) is 0 Å². The van der Waals surface area contributed by atoms with E-state index in [-0.39, 0.29) is 11.3 Å². The average molecular weight is 370 g/mol. The van der Waals surface area contributed by atoms with E-state index in [4.69, 9.17) is 4.74 Å². The smallest absolute Gasteiger partial charge is 0.253 e. The molecule has 0 aromatic heterocycles. The first-order valence-corrected chi connectivity index (χ1v) is 10.4. The van der Waals surface area contributed by atoms with Gasteiger partial charge >= 0.3 is 0 Å². The molecule has 1 aromatic rings. The van der Waals surface area contributed by atoms with E-state index in [0.29, 0.717) is 31.2 Å². The Morgan fingerprint density at radius 1 is 1.19 bits per heavy atom. The largest absolute Gasteiger partial charge is 0.494 e. The van der Waals surface area contributed by atoms with E-state index in [2.05, 4.69) is 11.8 Å². The molecule has 0 N–H and O–H groups in total. The molecule has 146 valence electrons. The van der Waals surface area contributed by atoms with Crippen molar-refractivity contribution >= 4 is 11.8 Å². The Hall–Kier alpha value is -2.04. The third-order valence-electron chi connectivity index (χ3n) is 6.21. The molecule has 2 aliphatic heterocycles. The van der Waals surface area contributed by atoms with E-state index in [1.807, 2.05) is 29.2 Å². The van der Waals surface area contributed by atoms with Crippen LogP contribution in [0.1, 0.15) is 55.8 Å². The number of amides is 2. The van der Waals surface area contributed by atoms with Crippen molar-refractivity contribution in [3.8, 4) is 5.75 Å². The average Bonchev–Trinajstić information content (AvgIpc) is 3.41. The minimum atomic E-state index is -0.340. The summed E-state index contributed by atoms with van der Waals surface area (Å²) in [6.45, 7) is 5.81. The number of benzene rings is 1. The third-order valence-corrected chi connectivity index (χ3v) is 6.21. The standard InChI is InChI=1S/C22H30N2O3/c1-2-14-27-19-8-6-18(7-9-19)20(25)24-13-11-22(16-24)10-3-12-23(21(22)26)15-17-4-5-17/h6-9,17H,2-5,10-16H2,1H3/t22-/m0/s1. The fraction of sp³-hybridized carbons (Fsp3) is 0.636. The quantitative estimate of drug-likeness (QED) is 0.772. The van der Waals surface area contributed by atoms with Gasteiger partial charge in [0.25, 0.3) is 5.91 Å². The van der Waals surface area contributed by atoms with Gasteiger partial charge in [-0.15, -0.1) is 0 Å². The number of rotatable bonds is 6. The van der Waals surface area contributed by atoms with Gasteiger partial charge in [0.15, 0.2) is 0 Å². The summed E-state index contributed by atoms with van der Waals surface area (Å²) in [5.74, 6) is 1.83. The molecule has 0 bridgehead atoms. The minimum absolute atomic E-state index is 0.0287. The van der Waals surface area contributed by atoms with E-state index in [0.717, 1.165) is 50.4 Å². The third kappa shape index (κ3) is 3.83. The molecule has 5 nitrogen and oxygen atoms in total. The minimum Gasteiger partial charge on any atom is -0.494 e. The zero-order chi connectivity index (χ0) is 18.9. The monoisotopic (exact) mass is 370 g/mol. The van der Waals surface area contributed by atoms with Crippen LogP contribution < -0.4 is 4.74 Å². The molecule has 0 radical (unpaired) electrons. The van der Waals surface area contributed by atoms with Gasteiger partial charge < -0.3 is 14.5 Å². The molecule has 2 heterocycles. The van der Waals surface area contributed by atoms with Crippen LogP contribution in [0.2, 0.25) is 0 Å². The number of likely N-dealkylation sites (tertiary alicyclic amines) is 2. The number of nitrogens with zero attached hydrogens (tertiary/aromatic N) is 2. The van der Waals surface area contributed by atoms with E-state index in [1.165, 1.54) is 12.8 Å². The lowest BCUT2D eigenvalue weighted by molar-refractivity contribution is -0.145. The SMILES string of the molecule is CCCOc1ccc(C(=O)N2CC[C@@]3(CCCN(CC4CC4)C3=O)C2)cc1. The first-order chi connectivity index (χ1) is 13.1. The molecule has 27 heavy (non-hydrogen) atoms. The summed E-state index contributed by atoms with van der Waals surface area (Å²) in [4.78, 5) is 30.0. The molecule has 3 fully saturated rings. The van der Waals surface area contributed by atoms with Crippen molar-refractivity contribution in [1.82, 2.24) is 9.80 Å². The van der Waals surface area contributed by atoms with Crippen LogP contribution in [0.5, 0.6) is 5.75 Å². The van der Waals surface area contributed by atoms with Gasteiger partial charge in [0.1, 0.15) is 5.75 Å². The molecule has 2 amide bonds. The van der Waals surface area contributed by atoms with E-state index >= 15 is 0 Å². The molecular formula is C22H30N2O3. The lowest BCUT2D eigenvalue weighted by Crippen LogP contribution is -2.50. The number of carbonyl (C=O) groups excluding carboxylic acids is 2. The van der Waals surface area contributed by atoms with Crippen molar-refractivity contribution in [2.75, 3.05) is 32.8 Å². The van der Waals surface area contributed by atoms with Crippen LogP contribution in [0.15, 0.2) is 24.3 Å². The van der Waals surface area contributed by atoms with Crippen LogP contribution in [-0.2, 0) is 4.79 Å². The van der Waals surface area contributed by atoms with Crippen molar-refractivity contribution in [2.45, 2.75) is 45.4 Å². The van der Waals surface area contributed by atoms with Crippen LogP contribution in [-0.4, -0.2) is 54.4 Å². The highest BCUT2D eigenvalue weighted by Crippen LogP contribution is 2.42. The molecule has 1 aromatic carbocycles. The fourth-order valence-electron chi connectivity index (χ4n) is 4.46. The highest BCUT2D eigenvalue weighted by molar-refractivity contribution is 5.95. The van der Waals surface area contributed by atoms with Crippen molar-refractivity contribution < 1.29 is 14.3 Å². The maximum Gasteiger partial charge on any atom is 0.253 e. The second-order valence-corrected chi connectivity index (χ2v) is 8.43. The second-order valence-electron chi connectivity index (χ2n) is 8.43. The van der Waals surface area contributed by atoms with Crippen LogP contribution >= 0.6 is 0 Å². The summed E-state index contributed by atoms with van der Waals surface area (Å²) >= 11 is 0. The van der Waals surface area contributed by atoms with E-state index in [9.17, 15) is 9.59 Å². The summed E-state index contributed by atoms with van der Waals surface area (Å²) in [7, 11) is 0. The second kappa shape index (κ2) is 7.53. The molecule has 2 saturated heterocycles. The predicted octanol–water partition coefficient (Wildman–Crippen LogP) is 3.34. The van der Waals surface area contributed by atoms with Crippen LogP contribution in [0.4, 0.5) is 0 Å². The Kier molecular flexibility index (Phi) is 5.11. The van der Waals surface area contributed by atoms with Crippen molar-refractivity contribution in [2.24, 2.45) is 11.3 Å². The van der Waals surface area contributed by atoms with Crippen molar-refractivity contribution in [3.63, 3.8) is 0 Å². The molecule has 1 atom stereocenters. The summed E-state index contributed by atoms with van der Waals surface area (Å²) in [6, 6.07) is 7.39. The lowest BCUT2D eigenvalue weighted by Gasteiger charge is -2.39. The maximum absolute atomic E-state index is 13.1. The lowest BCUT2D eigenvalue weighted by atomic mass is 9.78. The van der Waals surface area contributed by atoms with Crippen LogP contribution in [0.3, 0.4) is 0 Å². The zero-order valence-electron chi connectivity index (χ0n) is 16.3. The summed E-state index contributed by atoms with van der Waals surface area (Å²) in [5.41, 5.74) is 0.335. The predicted molar refractivity (Wildman–Crippen MR) is 104 cm³/mol. The van der Waals surface area contributed by atoms with Gasteiger partial charge in [-0.3, -0.25) is 9.59 Å². The highest BCUT2D eigenvalue weighted by atomic mass is 16.5. The normalized spacial score (nSPS) is 25.3. The number of ether oxygens (including phenoxy) is 1. The number of carbonyl (C=O) groups is 2. The Morgan fingerprint density at radius 2 is 1.96 bits per heavy atom. The number of hydrogen-bond acceptors (Lipinski definition) is 3. The highest BCUT2D eigenvalue weighted by Gasteiger charge is 2.49. The topological polar surface area (TPSA) is 49.9 Å². The van der Waals surface area contributed by atoms with Crippen LogP contribution in [0, 0.1) is 11.3 Å². The Balaban J connectivity index is 1.40. The van der Waals surface area contributed by atoms with Gasteiger partial charge in [0.05, 0.1) is 12.0 Å². The Bertz CT molecular complexity index is 698. The first kappa shape index (κ1) is 18.3. The summed E-state index contributed by atoms with van der Waals surface area (Å²) in [6.07, 6.45) is 6.27. The van der Waals surface area contributed by atoms with Crippen LogP contribution in [0.25, 0.3) is 0 Å². The van der Waals surface area contributed by atoms with E-state index < -0.39 is 0 Å². The van der Waals surface area contributed by atoms with Crippen molar-refractivity contribution in [3.05, 3.63) is 29.8 Å². The first-order valence-electron chi connectivity index (χ1n) is 10.4. The molecule has 4 rings (SSSR count). The van der Waals surface area contributed by atoms with Gasteiger partial charge in [-0.05, 0) is 68.7 Å². The maximum atomic E-state index is 13.1. The van der Waals surface area contributed by atoms with Gasteiger partial charge in [0, 0.05) is 31.7 Å². The fourth-order valence-corrected chi connectivity index (χ4v) is 4.46. The molecule has 1 aliphatic carbocycles. The number of piperidine rings is 1. The molecule has 1 spiro atoms.